The van der Waals surface area contributed by atoms with Crippen LogP contribution in [-0.4, -0.2) is 6.04 Å². The summed E-state index contributed by atoms with van der Waals surface area (Å²) >= 11 is 0. The molecule has 0 aliphatic carbocycles. The summed E-state index contributed by atoms with van der Waals surface area (Å²) in [6.07, 6.45) is 2.86. The summed E-state index contributed by atoms with van der Waals surface area (Å²) in [7, 11) is 0. The molecule has 0 aliphatic heterocycles. The highest BCUT2D eigenvalue weighted by Gasteiger charge is 2.22. The highest BCUT2D eigenvalue weighted by molar-refractivity contribution is 4.98. The normalized spacial score (nSPS) is 14.3. The number of hydrogen-bond acceptors (Lipinski definition) is 2. The van der Waals surface area contributed by atoms with E-state index in [2.05, 4.69) is 33.0 Å². The number of hydrogen-bond donors (Lipinski definition) is 1. The minimum Gasteiger partial charge on any atom is -0.468 e. The number of nitrogens with one attached hydrogen (secondary N) is 1. The first-order chi connectivity index (χ1) is 6.54. The molecule has 80 valence electrons. The Morgan fingerprint density at radius 2 is 2.14 bits per heavy atom. The fourth-order valence-corrected chi connectivity index (χ4v) is 1.70. The Kier molecular flexibility index (Phi) is 3.76. The summed E-state index contributed by atoms with van der Waals surface area (Å²) in [6.45, 7) is 9.82. The smallest absolute Gasteiger partial charge is 0.117 e. The monoisotopic (exact) mass is 195 g/mol. The molecule has 1 atom stereocenters. The van der Waals surface area contributed by atoms with E-state index in [0.29, 0.717) is 11.5 Å². The predicted octanol–water partition coefficient (Wildman–Crippen LogP) is 3.19. The molecule has 0 saturated carbocycles. The van der Waals surface area contributed by atoms with Crippen LogP contribution in [0.15, 0.2) is 22.8 Å². The van der Waals surface area contributed by atoms with Crippen molar-refractivity contribution in [2.45, 2.75) is 46.7 Å². The summed E-state index contributed by atoms with van der Waals surface area (Å²) in [5.41, 5.74) is 0.307. The molecule has 0 bridgehead atoms. The van der Waals surface area contributed by atoms with Crippen molar-refractivity contribution in [2.75, 3.05) is 0 Å². The molecule has 14 heavy (non-hydrogen) atoms. The van der Waals surface area contributed by atoms with E-state index in [4.69, 9.17) is 4.42 Å². The predicted molar refractivity (Wildman–Crippen MR) is 59.1 cm³/mol. The highest BCUT2D eigenvalue weighted by atomic mass is 16.3. The van der Waals surface area contributed by atoms with Crippen LogP contribution in [0.5, 0.6) is 0 Å². The van der Waals surface area contributed by atoms with E-state index in [1.807, 2.05) is 12.1 Å². The average molecular weight is 195 g/mol. The van der Waals surface area contributed by atoms with Crippen molar-refractivity contribution in [2.24, 2.45) is 5.41 Å². The third kappa shape index (κ3) is 3.18. The Bertz CT molecular complexity index is 246. The molecule has 1 N–H and O–H groups in total. The summed E-state index contributed by atoms with van der Waals surface area (Å²) in [5.74, 6) is 1.01. The zero-order chi connectivity index (χ0) is 10.6. The lowest BCUT2D eigenvalue weighted by Gasteiger charge is -2.30. The van der Waals surface area contributed by atoms with E-state index >= 15 is 0 Å². The summed E-state index contributed by atoms with van der Waals surface area (Å²) < 4.78 is 5.28. The molecule has 1 rings (SSSR count). The second-order valence-electron chi connectivity index (χ2n) is 4.79. The molecule has 0 aliphatic rings. The molecule has 0 fully saturated rings. The Hall–Kier alpha value is -0.760. The Morgan fingerprint density at radius 1 is 1.43 bits per heavy atom. The van der Waals surface area contributed by atoms with Gasteiger partial charge in [-0.2, -0.15) is 0 Å². The number of rotatable bonds is 4. The van der Waals surface area contributed by atoms with Crippen LogP contribution < -0.4 is 5.32 Å². The Balaban J connectivity index is 2.43. The van der Waals surface area contributed by atoms with Gasteiger partial charge in [-0.1, -0.05) is 27.7 Å². The SMILES string of the molecule is CCC(NCc1ccco1)C(C)(C)C. The lowest BCUT2D eigenvalue weighted by Crippen LogP contribution is -2.39. The second kappa shape index (κ2) is 4.65. The van der Waals surface area contributed by atoms with Gasteiger partial charge in [-0.05, 0) is 24.0 Å². The molecule has 1 aromatic heterocycles. The van der Waals surface area contributed by atoms with E-state index in [1.54, 1.807) is 6.26 Å². The first kappa shape index (κ1) is 11.3. The molecule has 1 heterocycles. The highest BCUT2D eigenvalue weighted by Crippen LogP contribution is 2.21. The van der Waals surface area contributed by atoms with Crippen LogP contribution in [0.4, 0.5) is 0 Å². The molecule has 1 unspecified atom stereocenters. The van der Waals surface area contributed by atoms with Gasteiger partial charge in [0.2, 0.25) is 0 Å². The van der Waals surface area contributed by atoms with Gasteiger partial charge in [0.15, 0.2) is 0 Å². The lowest BCUT2D eigenvalue weighted by molar-refractivity contribution is 0.254. The van der Waals surface area contributed by atoms with Gasteiger partial charge in [-0.25, -0.2) is 0 Å². The molecular weight excluding hydrogens is 174 g/mol. The van der Waals surface area contributed by atoms with Crippen molar-refractivity contribution in [3.63, 3.8) is 0 Å². The third-order valence-corrected chi connectivity index (χ3v) is 2.56. The van der Waals surface area contributed by atoms with Gasteiger partial charge in [-0.3, -0.25) is 0 Å². The molecule has 0 amide bonds. The van der Waals surface area contributed by atoms with Gasteiger partial charge in [0, 0.05) is 6.04 Å². The van der Waals surface area contributed by atoms with Gasteiger partial charge in [-0.15, -0.1) is 0 Å². The standard InChI is InChI=1S/C12H21NO/c1-5-11(12(2,3)4)13-9-10-7-6-8-14-10/h6-8,11,13H,5,9H2,1-4H3. The fraction of sp³-hybridized carbons (Fsp3) is 0.667. The first-order valence-corrected chi connectivity index (χ1v) is 5.29. The van der Waals surface area contributed by atoms with Crippen LogP contribution in [0.2, 0.25) is 0 Å². The molecule has 2 nitrogen and oxygen atoms in total. The molecule has 1 aromatic rings. The first-order valence-electron chi connectivity index (χ1n) is 5.29. The summed E-state index contributed by atoms with van der Waals surface area (Å²) in [4.78, 5) is 0. The van der Waals surface area contributed by atoms with Crippen molar-refractivity contribution >= 4 is 0 Å². The molecule has 0 radical (unpaired) electrons. The summed E-state index contributed by atoms with van der Waals surface area (Å²) in [6, 6.07) is 4.46. The van der Waals surface area contributed by atoms with E-state index in [9.17, 15) is 0 Å². The van der Waals surface area contributed by atoms with Crippen molar-refractivity contribution in [1.29, 1.82) is 0 Å². The lowest BCUT2D eigenvalue weighted by atomic mass is 9.85. The molecule has 0 saturated heterocycles. The maximum absolute atomic E-state index is 5.28. The van der Waals surface area contributed by atoms with E-state index in [0.717, 1.165) is 18.7 Å². The van der Waals surface area contributed by atoms with Crippen LogP contribution in [0.1, 0.15) is 39.9 Å². The molecular formula is C12H21NO. The zero-order valence-corrected chi connectivity index (χ0v) is 9.63. The molecule has 0 spiro atoms. The van der Waals surface area contributed by atoms with Gasteiger partial charge in [0.05, 0.1) is 12.8 Å². The van der Waals surface area contributed by atoms with Crippen LogP contribution in [0, 0.1) is 5.41 Å². The van der Waals surface area contributed by atoms with Crippen molar-refractivity contribution in [3.8, 4) is 0 Å². The fourth-order valence-electron chi connectivity index (χ4n) is 1.70. The Labute approximate surface area is 86.7 Å². The van der Waals surface area contributed by atoms with Gasteiger partial charge in [0.1, 0.15) is 5.76 Å². The second-order valence-corrected chi connectivity index (χ2v) is 4.79. The van der Waals surface area contributed by atoms with E-state index in [-0.39, 0.29) is 0 Å². The van der Waals surface area contributed by atoms with Crippen LogP contribution in [0.3, 0.4) is 0 Å². The maximum Gasteiger partial charge on any atom is 0.117 e. The van der Waals surface area contributed by atoms with Crippen LogP contribution >= 0.6 is 0 Å². The van der Waals surface area contributed by atoms with Gasteiger partial charge < -0.3 is 9.73 Å². The van der Waals surface area contributed by atoms with Gasteiger partial charge >= 0.3 is 0 Å². The zero-order valence-electron chi connectivity index (χ0n) is 9.63. The Morgan fingerprint density at radius 3 is 2.57 bits per heavy atom. The summed E-state index contributed by atoms with van der Waals surface area (Å²) in [5, 5.41) is 3.52. The molecule has 2 heteroatoms. The maximum atomic E-state index is 5.28. The van der Waals surface area contributed by atoms with E-state index in [1.165, 1.54) is 0 Å². The minimum atomic E-state index is 0.307. The molecule has 0 aromatic carbocycles. The van der Waals surface area contributed by atoms with Crippen molar-refractivity contribution in [3.05, 3.63) is 24.2 Å². The third-order valence-electron chi connectivity index (χ3n) is 2.56. The van der Waals surface area contributed by atoms with E-state index < -0.39 is 0 Å². The van der Waals surface area contributed by atoms with Crippen molar-refractivity contribution in [1.82, 2.24) is 5.32 Å². The average Bonchev–Trinajstić information content (AvgIpc) is 2.55. The van der Waals surface area contributed by atoms with Crippen molar-refractivity contribution < 1.29 is 4.42 Å². The largest absolute Gasteiger partial charge is 0.468 e. The van der Waals surface area contributed by atoms with Gasteiger partial charge in [0.25, 0.3) is 0 Å². The number of furan rings is 1. The minimum absolute atomic E-state index is 0.307. The topological polar surface area (TPSA) is 25.2 Å². The van der Waals surface area contributed by atoms with Crippen LogP contribution in [-0.2, 0) is 6.54 Å². The quantitative estimate of drug-likeness (QED) is 0.798. The van der Waals surface area contributed by atoms with Crippen LogP contribution in [0.25, 0.3) is 0 Å².